The fraction of sp³-hybridized carbons (Fsp3) is 0.952. The van der Waals surface area contributed by atoms with Crippen molar-refractivity contribution in [3.05, 3.63) is 0 Å². The summed E-state index contributed by atoms with van der Waals surface area (Å²) in [7, 11) is 0. The van der Waals surface area contributed by atoms with E-state index in [1.807, 2.05) is 0 Å². The van der Waals surface area contributed by atoms with E-state index in [4.69, 9.17) is 9.47 Å². The molecule has 6 nitrogen and oxygen atoms in total. The maximum absolute atomic E-state index is 5.74. The van der Waals surface area contributed by atoms with Crippen molar-refractivity contribution < 1.29 is 9.47 Å². The van der Waals surface area contributed by atoms with Crippen LogP contribution in [0.5, 0.6) is 0 Å². The van der Waals surface area contributed by atoms with Crippen molar-refractivity contribution >= 4 is 29.9 Å². The summed E-state index contributed by atoms with van der Waals surface area (Å²) < 4.78 is 11.1. The summed E-state index contributed by atoms with van der Waals surface area (Å²) in [6, 6.07) is 0. The van der Waals surface area contributed by atoms with Gasteiger partial charge in [0.05, 0.1) is 13.2 Å². The predicted octanol–water partition coefficient (Wildman–Crippen LogP) is 3.11. The molecule has 2 heterocycles. The Morgan fingerprint density at radius 2 is 1.96 bits per heavy atom. The molecule has 0 radical (unpaired) electrons. The smallest absolute Gasteiger partial charge is 0.191 e. The van der Waals surface area contributed by atoms with Crippen LogP contribution in [-0.2, 0) is 9.47 Å². The summed E-state index contributed by atoms with van der Waals surface area (Å²) in [5, 5.41) is 6.80. The number of hydrogen-bond acceptors (Lipinski definition) is 4. The zero-order chi connectivity index (χ0) is 19.2. The van der Waals surface area contributed by atoms with E-state index >= 15 is 0 Å². The van der Waals surface area contributed by atoms with Crippen LogP contribution in [0.3, 0.4) is 0 Å². The molecule has 0 aromatic carbocycles. The number of likely N-dealkylation sites (tertiary alicyclic amines) is 1. The molecule has 2 aliphatic heterocycles. The lowest BCUT2D eigenvalue weighted by Gasteiger charge is -2.30. The lowest BCUT2D eigenvalue weighted by atomic mass is 9.99. The van der Waals surface area contributed by atoms with Crippen molar-refractivity contribution in [2.75, 3.05) is 65.7 Å². The molecule has 7 heteroatoms. The minimum Gasteiger partial charge on any atom is -0.381 e. The average Bonchev–Trinajstić information content (AvgIpc) is 3.19. The van der Waals surface area contributed by atoms with Gasteiger partial charge in [-0.3, -0.25) is 4.99 Å². The van der Waals surface area contributed by atoms with Crippen molar-refractivity contribution in [1.82, 2.24) is 15.5 Å². The molecular weight excluding hydrogens is 467 g/mol. The minimum absolute atomic E-state index is 0. The maximum Gasteiger partial charge on any atom is 0.191 e. The molecule has 2 saturated heterocycles. The van der Waals surface area contributed by atoms with Gasteiger partial charge in [-0.1, -0.05) is 6.92 Å². The van der Waals surface area contributed by atoms with Crippen LogP contribution in [0.1, 0.15) is 52.4 Å². The second kappa shape index (κ2) is 16.7. The van der Waals surface area contributed by atoms with Crippen LogP contribution < -0.4 is 10.6 Å². The lowest BCUT2D eigenvalue weighted by Crippen LogP contribution is -2.38. The van der Waals surface area contributed by atoms with Crippen LogP contribution in [0.4, 0.5) is 0 Å². The highest BCUT2D eigenvalue weighted by atomic mass is 127. The fourth-order valence-corrected chi connectivity index (χ4v) is 3.62. The van der Waals surface area contributed by atoms with Crippen LogP contribution in [0.15, 0.2) is 4.99 Å². The van der Waals surface area contributed by atoms with Crippen LogP contribution in [0.2, 0.25) is 0 Å². The second-order valence-electron chi connectivity index (χ2n) is 8.08. The van der Waals surface area contributed by atoms with Crippen molar-refractivity contribution in [3.63, 3.8) is 0 Å². The molecule has 2 aliphatic rings. The lowest BCUT2D eigenvalue weighted by molar-refractivity contribution is 0.0893. The molecule has 1 unspecified atom stereocenters. The molecule has 2 rings (SSSR count). The predicted molar refractivity (Wildman–Crippen MR) is 128 cm³/mol. The first-order chi connectivity index (χ1) is 13.3. The number of piperidine rings is 1. The van der Waals surface area contributed by atoms with Crippen LogP contribution in [0, 0.1) is 11.8 Å². The molecule has 0 spiro atoms. The average molecular weight is 511 g/mol. The number of unbranched alkanes of at least 4 members (excludes halogenated alkanes) is 1. The topological polar surface area (TPSA) is 58.1 Å². The Balaban J connectivity index is 0.00000392. The quantitative estimate of drug-likeness (QED) is 0.183. The Kier molecular flexibility index (Phi) is 15.4. The normalized spacial score (nSPS) is 21.5. The van der Waals surface area contributed by atoms with Gasteiger partial charge in [-0.05, 0) is 71.0 Å². The molecule has 2 fully saturated rings. The SMILES string of the molecule is CCNC(=NCCCOCC1CCOC1)NCCCCN1CCC(C)CC1.I. The summed E-state index contributed by atoms with van der Waals surface area (Å²) in [5.41, 5.74) is 0. The fourth-order valence-electron chi connectivity index (χ4n) is 3.62. The highest BCUT2D eigenvalue weighted by Crippen LogP contribution is 2.16. The van der Waals surface area contributed by atoms with Gasteiger partial charge in [0, 0.05) is 38.8 Å². The van der Waals surface area contributed by atoms with Crippen molar-refractivity contribution in [3.8, 4) is 0 Å². The van der Waals surface area contributed by atoms with E-state index in [0.29, 0.717) is 5.92 Å². The number of halogens is 1. The Hall–Kier alpha value is -0.120. The van der Waals surface area contributed by atoms with Gasteiger partial charge in [-0.15, -0.1) is 24.0 Å². The van der Waals surface area contributed by atoms with Gasteiger partial charge < -0.3 is 25.0 Å². The first kappa shape index (κ1) is 25.9. The molecule has 0 aromatic heterocycles. The number of aliphatic imine (C=N–C) groups is 1. The molecular formula is C21H43IN4O2. The number of ether oxygens (including phenoxy) is 2. The van der Waals surface area contributed by atoms with Gasteiger partial charge in [0.2, 0.25) is 0 Å². The summed E-state index contributed by atoms with van der Waals surface area (Å²) in [4.78, 5) is 7.28. The molecule has 2 N–H and O–H groups in total. The van der Waals surface area contributed by atoms with E-state index in [1.54, 1.807) is 0 Å². The zero-order valence-electron chi connectivity index (χ0n) is 18.1. The molecule has 0 aromatic rings. The number of hydrogen-bond donors (Lipinski definition) is 2. The first-order valence-corrected chi connectivity index (χ1v) is 11.2. The zero-order valence-corrected chi connectivity index (χ0v) is 20.4. The van der Waals surface area contributed by atoms with Gasteiger partial charge in [-0.2, -0.15) is 0 Å². The molecule has 0 saturated carbocycles. The second-order valence-corrected chi connectivity index (χ2v) is 8.08. The standard InChI is InChI=1S/C21H42N4O2.HI/c1-3-22-21(24-11-6-15-26-17-20-9-16-27-18-20)23-10-4-5-12-25-13-7-19(2)8-14-25;/h19-20H,3-18H2,1-2H3,(H2,22,23,24);1H. The monoisotopic (exact) mass is 510 g/mol. The van der Waals surface area contributed by atoms with Crippen LogP contribution >= 0.6 is 24.0 Å². The summed E-state index contributed by atoms with van der Waals surface area (Å²) >= 11 is 0. The number of guanidine groups is 1. The highest BCUT2D eigenvalue weighted by molar-refractivity contribution is 14.0. The van der Waals surface area contributed by atoms with Gasteiger partial charge in [0.1, 0.15) is 0 Å². The van der Waals surface area contributed by atoms with Crippen LogP contribution in [-0.4, -0.2) is 76.6 Å². The van der Waals surface area contributed by atoms with E-state index in [9.17, 15) is 0 Å². The Morgan fingerprint density at radius 3 is 2.68 bits per heavy atom. The van der Waals surface area contributed by atoms with E-state index in [1.165, 1.54) is 45.3 Å². The van der Waals surface area contributed by atoms with E-state index < -0.39 is 0 Å². The van der Waals surface area contributed by atoms with E-state index in [-0.39, 0.29) is 24.0 Å². The van der Waals surface area contributed by atoms with Gasteiger partial charge in [0.15, 0.2) is 5.96 Å². The summed E-state index contributed by atoms with van der Waals surface area (Å²) in [6.45, 7) is 14.4. The third-order valence-electron chi connectivity index (χ3n) is 5.51. The van der Waals surface area contributed by atoms with Crippen LogP contribution in [0.25, 0.3) is 0 Å². The molecule has 0 amide bonds. The molecule has 166 valence electrons. The third kappa shape index (κ3) is 11.8. The maximum atomic E-state index is 5.74. The molecule has 0 aliphatic carbocycles. The summed E-state index contributed by atoms with van der Waals surface area (Å²) in [5.74, 6) is 2.46. The Bertz CT molecular complexity index is 398. The first-order valence-electron chi connectivity index (χ1n) is 11.2. The third-order valence-corrected chi connectivity index (χ3v) is 5.51. The van der Waals surface area contributed by atoms with E-state index in [0.717, 1.165) is 70.8 Å². The highest BCUT2D eigenvalue weighted by Gasteiger charge is 2.15. The van der Waals surface area contributed by atoms with E-state index in [2.05, 4.69) is 34.4 Å². The molecule has 1 atom stereocenters. The number of nitrogens with one attached hydrogen (secondary N) is 2. The number of nitrogens with zero attached hydrogens (tertiary/aromatic N) is 2. The number of rotatable bonds is 12. The van der Waals surface area contributed by atoms with Crippen molar-refractivity contribution in [2.45, 2.75) is 52.4 Å². The van der Waals surface area contributed by atoms with Gasteiger partial charge in [-0.25, -0.2) is 0 Å². The van der Waals surface area contributed by atoms with Crippen molar-refractivity contribution in [1.29, 1.82) is 0 Å². The van der Waals surface area contributed by atoms with Gasteiger partial charge >= 0.3 is 0 Å². The molecule has 0 bridgehead atoms. The Morgan fingerprint density at radius 1 is 1.14 bits per heavy atom. The molecule has 28 heavy (non-hydrogen) atoms. The van der Waals surface area contributed by atoms with Gasteiger partial charge in [0.25, 0.3) is 0 Å². The minimum atomic E-state index is 0. The Labute approximate surface area is 189 Å². The summed E-state index contributed by atoms with van der Waals surface area (Å²) in [6.07, 6.45) is 7.31. The largest absolute Gasteiger partial charge is 0.381 e. The van der Waals surface area contributed by atoms with Crippen molar-refractivity contribution in [2.24, 2.45) is 16.8 Å².